The van der Waals surface area contributed by atoms with Crippen LogP contribution in [0.4, 0.5) is 0 Å². The average Bonchev–Trinajstić information content (AvgIpc) is 2.98. The summed E-state index contributed by atoms with van der Waals surface area (Å²) in [4.78, 5) is 4.41. The molecule has 1 N–H and O–H groups in total. The first-order valence-corrected chi connectivity index (χ1v) is 6.49. The smallest absolute Gasteiger partial charge is 0.0953 e. The molecule has 0 saturated carbocycles. The highest BCUT2D eigenvalue weighted by atomic mass is 16.3. The zero-order valence-electron chi connectivity index (χ0n) is 10.8. The lowest BCUT2D eigenvalue weighted by molar-refractivity contribution is 0.553. The fourth-order valence-corrected chi connectivity index (χ4v) is 2.43. The highest BCUT2D eigenvalue weighted by Gasteiger charge is 2.16. The summed E-state index contributed by atoms with van der Waals surface area (Å²) < 4.78 is 5.22. The van der Waals surface area contributed by atoms with Crippen LogP contribution in [0.5, 0.6) is 0 Å². The van der Waals surface area contributed by atoms with Crippen molar-refractivity contribution in [3.05, 3.63) is 66.2 Å². The van der Waals surface area contributed by atoms with Crippen LogP contribution in [0, 0.1) is 0 Å². The van der Waals surface area contributed by atoms with Gasteiger partial charge in [-0.1, -0.05) is 25.1 Å². The van der Waals surface area contributed by atoms with Gasteiger partial charge in [-0.25, -0.2) is 0 Å². The molecule has 2 aromatic heterocycles. The predicted molar refractivity (Wildman–Crippen MR) is 76.0 cm³/mol. The molecule has 0 bridgehead atoms. The first-order chi connectivity index (χ1) is 9.40. The molecule has 0 spiro atoms. The van der Waals surface area contributed by atoms with E-state index in [0.29, 0.717) is 0 Å². The van der Waals surface area contributed by atoms with Crippen molar-refractivity contribution in [1.29, 1.82) is 0 Å². The quantitative estimate of drug-likeness (QED) is 0.772. The first-order valence-electron chi connectivity index (χ1n) is 6.49. The molecule has 0 saturated heterocycles. The van der Waals surface area contributed by atoms with Gasteiger partial charge in [0.2, 0.25) is 0 Å². The van der Waals surface area contributed by atoms with Crippen molar-refractivity contribution in [1.82, 2.24) is 10.3 Å². The fraction of sp³-hybridized carbons (Fsp3) is 0.188. The highest BCUT2D eigenvalue weighted by molar-refractivity contribution is 5.82. The molecule has 2 heterocycles. The van der Waals surface area contributed by atoms with Gasteiger partial charge in [-0.05, 0) is 30.3 Å². The first kappa shape index (κ1) is 11.9. The summed E-state index contributed by atoms with van der Waals surface area (Å²) in [6.45, 7) is 3.00. The second-order valence-electron chi connectivity index (χ2n) is 4.46. The van der Waals surface area contributed by atoms with Crippen molar-refractivity contribution in [2.75, 3.05) is 6.54 Å². The summed E-state index contributed by atoms with van der Waals surface area (Å²) in [6.07, 6.45) is 5.33. The van der Waals surface area contributed by atoms with Crippen molar-refractivity contribution >= 4 is 10.9 Å². The van der Waals surface area contributed by atoms with E-state index in [1.165, 1.54) is 10.9 Å². The van der Waals surface area contributed by atoms with Crippen LogP contribution in [-0.4, -0.2) is 11.5 Å². The molecule has 3 heteroatoms. The monoisotopic (exact) mass is 252 g/mol. The lowest BCUT2D eigenvalue weighted by Gasteiger charge is -2.18. The molecule has 0 aliphatic carbocycles. The normalized spacial score (nSPS) is 12.7. The predicted octanol–water partition coefficient (Wildman–Crippen LogP) is 3.53. The standard InChI is InChI=1S/C16H16N2O/c1-2-17-16(12-8-10-19-11-12)14-5-3-7-15-13(14)6-4-9-18-15/h3-11,16-17H,2H2,1H3. The van der Waals surface area contributed by atoms with Crippen LogP contribution in [0.1, 0.15) is 24.1 Å². The molecule has 0 aliphatic rings. The second-order valence-corrected chi connectivity index (χ2v) is 4.46. The molecule has 1 unspecified atom stereocenters. The summed E-state index contributed by atoms with van der Waals surface area (Å²) in [5.41, 5.74) is 3.39. The lowest BCUT2D eigenvalue weighted by Crippen LogP contribution is -2.21. The van der Waals surface area contributed by atoms with Crippen LogP contribution in [0.3, 0.4) is 0 Å². The number of hydrogen-bond donors (Lipinski definition) is 1. The van der Waals surface area contributed by atoms with E-state index in [1.807, 2.05) is 24.4 Å². The number of benzene rings is 1. The largest absolute Gasteiger partial charge is 0.472 e. The number of furan rings is 1. The number of nitrogens with zero attached hydrogens (tertiary/aromatic N) is 1. The van der Waals surface area contributed by atoms with E-state index in [4.69, 9.17) is 4.42 Å². The fourth-order valence-electron chi connectivity index (χ4n) is 2.43. The number of rotatable bonds is 4. The maximum absolute atomic E-state index is 5.22. The Morgan fingerprint density at radius 2 is 2.16 bits per heavy atom. The minimum absolute atomic E-state index is 0.136. The molecule has 0 aliphatic heterocycles. The van der Waals surface area contributed by atoms with Gasteiger partial charge in [0.1, 0.15) is 0 Å². The molecule has 0 fully saturated rings. The van der Waals surface area contributed by atoms with Crippen molar-refractivity contribution < 1.29 is 4.42 Å². The van der Waals surface area contributed by atoms with E-state index < -0.39 is 0 Å². The molecule has 3 rings (SSSR count). The van der Waals surface area contributed by atoms with Crippen molar-refractivity contribution in [2.45, 2.75) is 13.0 Å². The summed E-state index contributed by atoms with van der Waals surface area (Å²) >= 11 is 0. The number of fused-ring (bicyclic) bond motifs is 1. The molecule has 3 aromatic rings. The van der Waals surface area contributed by atoms with Crippen LogP contribution in [-0.2, 0) is 0 Å². The molecular weight excluding hydrogens is 236 g/mol. The van der Waals surface area contributed by atoms with Gasteiger partial charge < -0.3 is 9.73 Å². The Bertz CT molecular complexity index is 656. The van der Waals surface area contributed by atoms with Gasteiger partial charge in [-0.15, -0.1) is 0 Å². The van der Waals surface area contributed by atoms with E-state index in [2.05, 4.69) is 35.4 Å². The molecule has 3 nitrogen and oxygen atoms in total. The van der Waals surface area contributed by atoms with Gasteiger partial charge >= 0.3 is 0 Å². The van der Waals surface area contributed by atoms with Gasteiger partial charge in [0.25, 0.3) is 0 Å². The van der Waals surface area contributed by atoms with E-state index in [9.17, 15) is 0 Å². The van der Waals surface area contributed by atoms with Gasteiger partial charge in [-0.2, -0.15) is 0 Å². The number of pyridine rings is 1. The van der Waals surface area contributed by atoms with Crippen molar-refractivity contribution in [3.8, 4) is 0 Å². The maximum Gasteiger partial charge on any atom is 0.0953 e. The molecule has 19 heavy (non-hydrogen) atoms. The topological polar surface area (TPSA) is 38.1 Å². The number of aromatic nitrogens is 1. The Kier molecular flexibility index (Phi) is 3.29. The molecule has 1 atom stereocenters. The minimum atomic E-state index is 0.136. The Morgan fingerprint density at radius 1 is 1.21 bits per heavy atom. The zero-order chi connectivity index (χ0) is 13.1. The Labute approximate surface area is 112 Å². The SMILES string of the molecule is CCNC(c1ccoc1)c1cccc2ncccc12. The molecule has 96 valence electrons. The Balaban J connectivity index is 2.15. The Hall–Kier alpha value is -2.13. The van der Waals surface area contributed by atoms with Gasteiger partial charge in [0.05, 0.1) is 24.1 Å². The summed E-state index contributed by atoms with van der Waals surface area (Å²) in [6, 6.07) is 12.5. The molecule has 0 radical (unpaired) electrons. The summed E-state index contributed by atoms with van der Waals surface area (Å²) in [7, 11) is 0. The lowest BCUT2D eigenvalue weighted by atomic mass is 9.97. The maximum atomic E-state index is 5.22. The van der Waals surface area contributed by atoms with Gasteiger partial charge in [0.15, 0.2) is 0 Å². The van der Waals surface area contributed by atoms with Crippen LogP contribution in [0.15, 0.2) is 59.5 Å². The van der Waals surface area contributed by atoms with Crippen LogP contribution >= 0.6 is 0 Å². The average molecular weight is 252 g/mol. The number of hydrogen-bond acceptors (Lipinski definition) is 3. The Morgan fingerprint density at radius 3 is 2.95 bits per heavy atom. The molecular formula is C16H16N2O. The van der Waals surface area contributed by atoms with E-state index in [0.717, 1.165) is 17.6 Å². The van der Waals surface area contributed by atoms with E-state index in [1.54, 1.807) is 12.5 Å². The van der Waals surface area contributed by atoms with E-state index in [-0.39, 0.29) is 6.04 Å². The summed E-state index contributed by atoms with van der Waals surface area (Å²) in [5, 5.41) is 4.68. The summed E-state index contributed by atoms with van der Waals surface area (Å²) in [5.74, 6) is 0. The molecule has 0 amide bonds. The van der Waals surface area contributed by atoms with Crippen LogP contribution < -0.4 is 5.32 Å². The van der Waals surface area contributed by atoms with Crippen molar-refractivity contribution in [2.24, 2.45) is 0 Å². The minimum Gasteiger partial charge on any atom is -0.472 e. The second kappa shape index (κ2) is 5.24. The molecule has 1 aromatic carbocycles. The van der Waals surface area contributed by atoms with E-state index >= 15 is 0 Å². The van der Waals surface area contributed by atoms with Gasteiger partial charge in [0, 0.05) is 17.1 Å². The van der Waals surface area contributed by atoms with Gasteiger partial charge in [-0.3, -0.25) is 4.98 Å². The third-order valence-corrected chi connectivity index (χ3v) is 3.28. The van der Waals surface area contributed by atoms with Crippen molar-refractivity contribution in [3.63, 3.8) is 0 Å². The third-order valence-electron chi connectivity index (χ3n) is 3.28. The third kappa shape index (κ3) is 2.25. The van der Waals surface area contributed by atoms with Crippen LogP contribution in [0.2, 0.25) is 0 Å². The number of nitrogens with one attached hydrogen (secondary N) is 1. The zero-order valence-corrected chi connectivity index (χ0v) is 10.8. The highest BCUT2D eigenvalue weighted by Crippen LogP contribution is 2.28. The van der Waals surface area contributed by atoms with Crippen LogP contribution in [0.25, 0.3) is 10.9 Å².